The first-order valence-corrected chi connectivity index (χ1v) is 8.82. The molecule has 0 saturated carbocycles. The quantitative estimate of drug-likeness (QED) is 0.927. The number of piperidine rings is 2. The lowest BCUT2D eigenvalue weighted by molar-refractivity contribution is -0.139. The number of benzene rings is 1. The first-order chi connectivity index (χ1) is 11.1. The van der Waals surface area contributed by atoms with Crippen LogP contribution in [0, 0.1) is 5.41 Å². The van der Waals surface area contributed by atoms with Crippen molar-refractivity contribution in [3.63, 3.8) is 0 Å². The molecule has 23 heavy (non-hydrogen) atoms. The number of likely N-dealkylation sites (tertiary alicyclic amines) is 2. The molecule has 2 heterocycles. The van der Waals surface area contributed by atoms with Gasteiger partial charge in [0.05, 0.1) is 6.54 Å². The summed E-state index contributed by atoms with van der Waals surface area (Å²) in [7, 11) is 0. The van der Waals surface area contributed by atoms with Gasteiger partial charge in [-0.25, -0.2) is 0 Å². The zero-order chi connectivity index (χ0) is 16.3. The van der Waals surface area contributed by atoms with Gasteiger partial charge in [-0.3, -0.25) is 9.69 Å². The molecule has 2 aliphatic rings. The van der Waals surface area contributed by atoms with Gasteiger partial charge in [0.15, 0.2) is 0 Å². The lowest BCUT2D eigenvalue weighted by Crippen LogP contribution is -2.52. The van der Waals surface area contributed by atoms with Crippen LogP contribution in [-0.2, 0) is 4.79 Å². The SMILES string of the molecule is CCN1C[C@H](c2ccccc2)CC2(CCN(CC(=O)O)CC2)C1. The van der Waals surface area contributed by atoms with Crippen LogP contribution in [-0.4, -0.2) is 60.1 Å². The highest BCUT2D eigenvalue weighted by Gasteiger charge is 2.41. The second-order valence-corrected chi connectivity index (χ2v) is 7.31. The first-order valence-electron chi connectivity index (χ1n) is 8.82. The van der Waals surface area contributed by atoms with E-state index in [1.165, 1.54) is 18.5 Å². The number of carboxylic acids is 1. The Morgan fingerprint density at radius 3 is 2.52 bits per heavy atom. The van der Waals surface area contributed by atoms with Crippen molar-refractivity contribution >= 4 is 5.97 Å². The highest BCUT2D eigenvalue weighted by Crippen LogP contribution is 2.44. The molecule has 2 aliphatic heterocycles. The number of nitrogens with zero attached hydrogens (tertiary/aromatic N) is 2. The molecular formula is C19H28N2O2. The molecule has 0 amide bonds. The summed E-state index contributed by atoms with van der Waals surface area (Å²) in [4.78, 5) is 15.6. The van der Waals surface area contributed by atoms with Gasteiger partial charge in [-0.05, 0) is 55.8 Å². The number of carboxylic acid groups (broad SMARTS) is 1. The predicted molar refractivity (Wildman–Crippen MR) is 91.7 cm³/mol. The Morgan fingerprint density at radius 1 is 1.22 bits per heavy atom. The van der Waals surface area contributed by atoms with Crippen LogP contribution < -0.4 is 0 Å². The molecule has 1 aromatic rings. The third-order valence-corrected chi connectivity index (χ3v) is 5.71. The predicted octanol–water partition coefficient (Wildman–Crippen LogP) is 2.66. The van der Waals surface area contributed by atoms with Gasteiger partial charge in [-0.1, -0.05) is 37.3 Å². The third kappa shape index (κ3) is 3.93. The minimum atomic E-state index is -0.707. The molecule has 0 aromatic heterocycles. The topological polar surface area (TPSA) is 43.8 Å². The van der Waals surface area contributed by atoms with E-state index in [1.54, 1.807) is 0 Å². The van der Waals surface area contributed by atoms with Gasteiger partial charge in [0.25, 0.3) is 0 Å². The molecule has 1 spiro atoms. The number of hydrogen-bond acceptors (Lipinski definition) is 3. The van der Waals surface area contributed by atoms with Gasteiger partial charge in [0, 0.05) is 13.1 Å². The van der Waals surface area contributed by atoms with Crippen molar-refractivity contribution in [1.82, 2.24) is 9.80 Å². The van der Waals surface area contributed by atoms with Crippen LogP contribution >= 0.6 is 0 Å². The van der Waals surface area contributed by atoms with Gasteiger partial charge >= 0.3 is 5.97 Å². The Balaban J connectivity index is 1.70. The number of rotatable bonds is 4. The lowest BCUT2D eigenvalue weighted by atomic mass is 9.68. The number of carbonyl (C=O) groups is 1. The van der Waals surface area contributed by atoms with Crippen molar-refractivity contribution in [3.05, 3.63) is 35.9 Å². The zero-order valence-electron chi connectivity index (χ0n) is 14.1. The molecule has 0 unspecified atom stereocenters. The van der Waals surface area contributed by atoms with Crippen molar-refractivity contribution in [3.8, 4) is 0 Å². The van der Waals surface area contributed by atoms with E-state index in [-0.39, 0.29) is 6.54 Å². The average molecular weight is 316 g/mol. The van der Waals surface area contributed by atoms with E-state index in [0.29, 0.717) is 11.3 Å². The van der Waals surface area contributed by atoms with Gasteiger partial charge in [-0.2, -0.15) is 0 Å². The standard InChI is InChI=1S/C19H28N2O2/c1-2-20-13-17(16-6-4-3-5-7-16)12-19(15-20)8-10-21(11-9-19)14-18(22)23/h3-7,17H,2,8-15H2,1H3,(H,22,23)/t17-/m1/s1. The molecular weight excluding hydrogens is 288 g/mol. The van der Waals surface area contributed by atoms with E-state index in [2.05, 4.69) is 47.1 Å². The molecule has 3 rings (SSSR count). The van der Waals surface area contributed by atoms with Crippen LogP contribution in [0.2, 0.25) is 0 Å². The van der Waals surface area contributed by atoms with Crippen LogP contribution in [0.4, 0.5) is 0 Å². The van der Waals surface area contributed by atoms with Crippen LogP contribution in [0.25, 0.3) is 0 Å². The van der Waals surface area contributed by atoms with Crippen molar-refractivity contribution in [2.45, 2.75) is 32.1 Å². The van der Waals surface area contributed by atoms with Crippen molar-refractivity contribution in [1.29, 1.82) is 0 Å². The average Bonchev–Trinajstić information content (AvgIpc) is 2.57. The molecule has 4 nitrogen and oxygen atoms in total. The van der Waals surface area contributed by atoms with E-state index in [0.717, 1.165) is 39.0 Å². The summed E-state index contributed by atoms with van der Waals surface area (Å²) in [5.41, 5.74) is 1.82. The maximum atomic E-state index is 10.9. The highest BCUT2D eigenvalue weighted by atomic mass is 16.4. The molecule has 1 aromatic carbocycles. The van der Waals surface area contributed by atoms with Crippen molar-refractivity contribution in [2.75, 3.05) is 39.3 Å². The summed E-state index contributed by atoms with van der Waals surface area (Å²) < 4.78 is 0. The summed E-state index contributed by atoms with van der Waals surface area (Å²) in [6.45, 7) is 7.71. The van der Waals surface area contributed by atoms with Crippen molar-refractivity contribution in [2.24, 2.45) is 5.41 Å². The van der Waals surface area contributed by atoms with Crippen molar-refractivity contribution < 1.29 is 9.90 Å². The Bertz CT molecular complexity index is 523. The summed E-state index contributed by atoms with van der Waals surface area (Å²) in [5, 5.41) is 8.99. The zero-order valence-corrected chi connectivity index (χ0v) is 14.1. The minimum absolute atomic E-state index is 0.190. The van der Waals surface area contributed by atoms with Crippen LogP contribution in [0.15, 0.2) is 30.3 Å². The summed E-state index contributed by atoms with van der Waals surface area (Å²) in [5.74, 6) is -0.0992. The maximum Gasteiger partial charge on any atom is 0.317 e. The largest absolute Gasteiger partial charge is 0.480 e. The summed E-state index contributed by atoms with van der Waals surface area (Å²) >= 11 is 0. The van der Waals surface area contributed by atoms with E-state index < -0.39 is 5.97 Å². The Kier molecular flexibility index (Phi) is 5.02. The monoisotopic (exact) mass is 316 g/mol. The van der Waals surface area contributed by atoms with Gasteiger partial charge in [0.1, 0.15) is 0 Å². The minimum Gasteiger partial charge on any atom is -0.480 e. The molecule has 0 radical (unpaired) electrons. The van der Waals surface area contributed by atoms with E-state index in [4.69, 9.17) is 5.11 Å². The first kappa shape index (κ1) is 16.5. The van der Waals surface area contributed by atoms with Crippen LogP contribution in [0.3, 0.4) is 0 Å². The van der Waals surface area contributed by atoms with Crippen LogP contribution in [0.1, 0.15) is 37.7 Å². The van der Waals surface area contributed by atoms with E-state index in [1.807, 2.05) is 0 Å². The summed E-state index contributed by atoms with van der Waals surface area (Å²) in [6.07, 6.45) is 3.49. The van der Waals surface area contributed by atoms with Gasteiger partial charge < -0.3 is 10.0 Å². The maximum absolute atomic E-state index is 10.9. The fraction of sp³-hybridized carbons (Fsp3) is 0.632. The van der Waals surface area contributed by atoms with Crippen LogP contribution in [0.5, 0.6) is 0 Å². The molecule has 0 bridgehead atoms. The van der Waals surface area contributed by atoms with Gasteiger partial charge in [0.2, 0.25) is 0 Å². The molecule has 4 heteroatoms. The Labute approximate surface area is 139 Å². The third-order valence-electron chi connectivity index (χ3n) is 5.71. The molecule has 126 valence electrons. The van der Waals surface area contributed by atoms with Gasteiger partial charge in [-0.15, -0.1) is 0 Å². The fourth-order valence-corrected chi connectivity index (χ4v) is 4.43. The smallest absolute Gasteiger partial charge is 0.317 e. The molecule has 0 aliphatic carbocycles. The second kappa shape index (κ2) is 7.02. The summed E-state index contributed by atoms with van der Waals surface area (Å²) in [6, 6.07) is 10.9. The van der Waals surface area contributed by atoms with E-state index in [9.17, 15) is 4.79 Å². The number of hydrogen-bond donors (Lipinski definition) is 1. The number of likely N-dealkylation sites (N-methyl/N-ethyl adjacent to an activating group) is 1. The molecule has 2 saturated heterocycles. The Morgan fingerprint density at radius 2 is 1.91 bits per heavy atom. The normalized spacial score (nSPS) is 25.5. The highest BCUT2D eigenvalue weighted by molar-refractivity contribution is 5.69. The molecule has 1 atom stereocenters. The van der Waals surface area contributed by atoms with E-state index >= 15 is 0 Å². The fourth-order valence-electron chi connectivity index (χ4n) is 4.43. The number of aliphatic carboxylic acids is 1. The molecule has 2 fully saturated rings. The molecule has 1 N–H and O–H groups in total. The lowest BCUT2D eigenvalue weighted by Gasteiger charge is -2.50. The Hall–Kier alpha value is -1.39. The second-order valence-electron chi connectivity index (χ2n) is 7.31.